The van der Waals surface area contributed by atoms with Crippen LogP contribution in [0.15, 0.2) is 0 Å². The average Bonchev–Trinajstić information content (AvgIpc) is 2.48. The molecule has 0 aromatic carbocycles. The Hall–Kier alpha value is -0.650. The quantitative estimate of drug-likeness (QED) is 0.728. The summed E-state index contributed by atoms with van der Waals surface area (Å²) >= 11 is 0. The highest BCUT2D eigenvalue weighted by atomic mass is 16.5. The first-order valence-electron chi connectivity index (χ1n) is 9.07. The van der Waals surface area contributed by atoms with E-state index >= 15 is 0 Å². The molecule has 0 spiro atoms. The minimum Gasteiger partial charge on any atom is -0.324 e. The monoisotopic (exact) mass is 310 g/mol. The van der Waals surface area contributed by atoms with Crippen LogP contribution in [0.3, 0.4) is 0 Å². The summed E-state index contributed by atoms with van der Waals surface area (Å²) in [7, 11) is 2.02. The lowest BCUT2D eigenvalue weighted by Crippen LogP contribution is -2.67. The number of fused-ring (bicyclic) bond motifs is 3. The molecule has 0 aliphatic carbocycles. The molecule has 22 heavy (non-hydrogen) atoms. The number of nitrogens with one attached hydrogen (secondary N) is 1. The van der Waals surface area contributed by atoms with E-state index in [9.17, 15) is 10.0 Å². The maximum Gasteiger partial charge on any atom is 0.224 e. The summed E-state index contributed by atoms with van der Waals surface area (Å²) in [6.45, 7) is 5.66. The molecule has 2 N–H and O–H groups in total. The van der Waals surface area contributed by atoms with Gasteiger partial charge in [-0.2, -0.15) is 4.65 Å². The highest BCUT2D eigenvalue weighted by Gasteiger charge is 2.48. The van der Waals surface area contributed by atoms with Gasteiger partial charge in [-0.15, -0.1) is 0 Å². The second-order valence-corrected chi connectivity index (χ2v) is 7.81. The van der Waals surface area contributed by atoms with Crippen LogP contribution in [0.1, 0.15) is 51.9 Å². The van der Waals surface area contributed by atoms with E-state index in [2.05, 4.69) is 17.1 Å². The number of rotatable bonds is 1. The number of hydrogen-bond donors (Lipinski definition) is 2. The Morgan fingerprint density at radius 1 is 1.27 bits per heavy atom. The molecule has 126 valence electrons. The van der Waals surface area contributed by atoms with Crippen LogP contribution < -0.4 is 5.32 Å². The molecule has 3 saturated heterocycles. The van der Waals surface area contributed by atoms with Crippen LogP contribution in [0.2, 0.25) is 0 Å². The molecular formula is C17H32N3O2+. The van der Waals surface area contributed by atoms with Crippen molar-refractivity contribution in [3.8, 4) is 0 Å². The van der Waals surface area contributed by atoms with Crippen molar-refractivity contribution in [1.29, 1.82) is 0 Å². The van der Waals surface area contributed by atoms with Gasteiger partial charge in [0.05, 0.1) is 5.66 Å². The third kappa shape index (κ3) is 2.79. The highest BCUT2D eigenvalue weighted by Crippen LogP contribution is 2.38. The van der Waals surface area contributed by atoms with Crippen LogP contribution in [-0.2, 0) is 4.79 Å². The predicted molar refractivity (Wildman–Crippen MR) is 85.1 cm³/mol. The van der Waals surface area contributed by atoms with E-state index in [0.29, 0.717) is 24.2 Å². The van der Waals surface area contributed by atoms with Crippen molar-refractivity contribution in [1.82, 2.24) is 10.2 Å². The van der Waals surface area contributed by atoms with Gasteiger partial charge in [0.2, 0.25) is 5.91 Å². The van der Waals surface area contributed by atoms with Gasteiger partial charge in [-0.05, 0) is 51.5 Å². The van der Waals surface area contributed by atoms with E-state index in [0.717, 1.165) is 64.7 Å². The van der Waals surface area contributed by atoms with E-state index in [1.165, 1.54) is 0 Å². The van der Waals surface area contributed by atoms with Crippen LogP contribution in [0.5, 0.6) is 0 Å². The van der Waals surface area contributed by atoms with Gasteiger partial charge in [0.25, 0.3) is 0 Å². The Labute approximate surface area is 134 Å². The van der Waals surface area contributed by atoms with Gasteiger partial charge >= 0.3 is 0 Å². The summed E-state index contributed by atoms with van der Waals surface area (Å²) < 4.78 is 0.228. The number of piperidine rings is 2. The molecule has 5 nitrogen and oxygen atoms in total. The van der Waals surface area contributed by atoms with E-state index in [1.54, 1.807) is 0 Å². The third-order valence-corrected chi connectivity index (χ3v) is 6.42. The fourth-order valence-electron chi connectivity index (χ4n) is 5.16. The molecular weight excluding hydrogens is 278 g/mol. The molecule has 3 rings (SSSR count). The maximum atomic E-state index is 12.7. The van der Waals surface area contributed by atoms with Gasteiger partial charge in [0, 0.05) is 18.9 Å². The summed E-state index contributed by atoms with van der Waals surface area (Å²) in [5.74, 6) is 1.15. The van der Waals surface area contributed by atoms with Gasteiger partial charge < -0.3 is 4.90 Å². The van der Waals surface area contributed by atoms with E-state index in [1.807, 2.05) is 7.05 Å². The van der Waals surface area contributed by atoms with Crippen LogP contribution in [0.25, 0.3) is 0 Å². The first kappa shape index (κ1) is 16.2. The van der Waals surface area contributed by atoms with Crippen molar-refractivity contribution in [2.24, 2.45) is 11.8 Å². The van der Waals surface area contributed by atoms with Gasteiger partial charge in [0.1, 0.15) is 19.6 Å². The van der Waals surface area contributed by atoms with Crippen LogP contribution in [-0.4, -0.2) is 59.6 Å². The van der Waals surface area contributed by atoms with Crippen LogP contribution in [0.4, 0.5) is 0 Å². The van der Waals surface area contributed by atoms with Gasteiger partial charge in [0.15, 0.2) is 0 Å². The fraction of sp³-hybridized carbons (Fsp3) is 0.941. The Bertz CT molecular complexity index is 430. The smallest absolute Gasteiger partial charge is 0.224 e. The fourth-order valence-corrected chi connectivity index (χ4v) is 5.16. The molecule has 0 saturated carbocycles. The Balaban J connectivity index is 1.90. The lowest BCUT2D eigenvalue weighted by Gasteiger charge is -2.53. The molecule has 3 aliphatic heterocycles. The summed E-state index contributed by atoms with van der Waals surface area (Å²) in [4.78, 5) is 14.8. The molecule has 1 amide bonds. The van der Waals surface area contributed by atoms with Crippen LogP contribution in [0, 0.1) is 11.8 Å². The Kier molecular flexibility index (Phi) is 4.49. The molecule has 4 atom stereocenters. The molecule has 0 unspecified atom stereocenters. The summed E-state index contributed by atoms with van der Waals surface area (Å²) in [6, 6.07) is 0. The highest BCUT2D eigenvalue weighted by molar-refractivity contribution is 5.78. The molecule has 5 heteroatoms. The number of carbonyl (C=O) groups excluding carboxylic acids is 1. The van der Waals surface area contributed by atoms with E-state index in [4.69, 9.17) is 0 Å². The predicted octanol–water partition coefficient (Wildman–Crippen LogP) is 1.96. The average molecular weight is 310 g/mol. The molecule has 2 bridgehead atoms. The molecule has 0 aromatic heterocycles. The number of quaternary nitrogens is 1. The second-order valence-electron chi connectivity index (χ2n) is 7.81. The number of amides is 1. The minimum absolute atomic E-state index is 0.171. The van der Waals surface area contributed by atoms with Crippen molar-refractivity contribution in [3.63, 3.8) is 0 Å². The molecule has 3 aliphatic rings. The number of hydroxylamine groups is 3. The zero-order valence-electron chi connectivity index (χ0n) is 14.2. The first-order chi connectivity index (χ1) is 10.5. The molecule has 0 radical (unpaired) electrons. The SMILES string of the molecule is CN[C@@]12CCCC(=O)N1C[C@H]1CCC[N@@+](O)(CCC[C@@H]2C)C1. The lowest BCUT2D eigenvalue weighted by molar-refractivity contribution is -1.11. The number of carbonyl (C=O) groups is 1. The summed E-state index contributed by atoms with van der Waals surface area (Å²) in [5, 5.41) is 14.3. The summed E-state index contributed by atoms with van der Waals surface area (Å²) in [6.07, 6.45) is 7.05. The van der Waals surface area contributed by atoms with Gasteiger partial charge in [-0.1, -0.05) is 6.92 Å². The first-order valence-corrected chi connectivity index (χ1v) is 9.07. The number of nitrogens with zero attached hydrogens (tertiary/aromatic N) is 2. The summed E-state index contributed by atoms with van der Waals surface area (Å²) in [5.41, 5.74) is -0.171. The number of hydrogen-bond acceptors (Lipinski definition) is 3. The Morgan fingerprint density at radius 2 is 2.00 bits per heavy atom. The maximum absolute atomic E-state index is 12.7. The zero-order chi connectivity index (χ0) is 15.8. The van der Waals surface area contributed by atoms with Crippen molar-refractivity contribution in [3.05, 3.63) is 0 Å². The van der Waals surface area contributed by atoms with E-state index < -0.39 is 0 Å². The third-order valence-electron chi connectivity index (χ3n) is 6.42. The standard InChI is InChI=1S/C17H32N3O2/c1-14-6-4-10-20(22)11-5-7-15(13-20)12-19-16(21)8-3-9-17(14,19)18-2/h14-15,18,22H,3-13H2,1-2H3/q+1/t14-,15+,17-,20-/m0/s1. The second kappa shape index (κ2) is 6.10. The van der Waals surface area contributed by atoms with Crippen molar-refractivity contribution in [2.45, 2.75) is 57.5 Å². The zero-order valence-corrected chi connectivity index (χ0v) is 14.2. The molecule has 3 heterocycles. The molecule has 3 fully saturated rings. The van der Waals surface area contributed by atoms with Gasteiger partial charge in [-0.25, -0.2) is 5.21 Å². The molecule has 0 aromatic rings. The Morgan fingerprint density at radius 3 is 2.73 bits per heavy atom. The van der Waals surface area contributed by atoms with Crippen molar-refractivity contribution in [2.75, 3.05) is 33.2 Å². The minimum atomic E-state index is -0.171. The normalized spacial score (nSPS) is 43.6. The van der Waals surface area contributed by atoms with Gasteiger partial charge in [-0.3, -0.25) is 10.1 Å². The lowest BCUT2D eigenvalue weighted by atomic mass is 9.79. The van der Waals surface area contributed by atoms with Crippen molar-refractivity contribution >= 4 is 5.91 Å². The van der Waals surface area contributed by atoms with Crippen molar-refractivity contribution < 1.29 is 14.6 Å². The topological polar surface area (TPSA) is 52.6 Å². The largest absolute Gasteiger partial charge is 0.324 e. The van der Waals surface area contributed by atoms with E-state index in [-0.39, 0.29) is 10.3 Å². The van der Waals surface area contributed by atoms with Crippen LogP contribution >= 0.6 is 0 Å².